The highest BCUT2D eigenvalue weighted by Gasteiger charge is 2.53. The van der Waals surface area contributed by atoms with Crippen molar-refractivity contribution >= 4 is 11.5 Å². The molecule has 0 atom stereocenters. The molecule has 1 heterocycles. The Labute approximate surface area is 90.1 Å². The van der Waals surface area contributed by atoms with Crippen LogP contribution in [-0.4, -0.2) is 11.5 Å². The van der Waals surface area contributed by atoms with Crippen molar-refractivity contribution in [2.75, 3.05) is 17.6 Å². The van der Waals surface area contributed by atoms with Crippen molar-refractivity contribution in [1.82, 2.24) is 4.98 Å². The molecular weight excluding hydrogens is 186 g/mol. The Morgan fingerprint density at radius 3 is 2.87 bits per heavy atom. The predicted octanol–water partition coefficient (Wildman–Crippen LogP) is 2.27. The van der Waals surface area contributed by atoms with Crippen LogP contribution in [0.2, 0.25) is 0 Å². The van der Waals surface area contributed by atoms with E-state index in [2.05, 4.69) is 10.3 Å². The summed E-state index contributed by atoms with van der Waals surface area (Å²) in [6, 6.07) is 3.76. The zero-order valence-electron chi connectivity index (χ0n) is 8.87. The quantitative estimate of drug-likeness (QED) is 0.789. The highest BCUT2D eigenvalue weighted by molar-refractivity contribution is 5.60. The normalized spacial score (nSPS) is 22.4. The van der Waals surface area contributed by atoms with E-state index in [9.17, 15) is 0 Å². The van der Waals surface area contributed by atoms with E-state index in [1.807, 2.05) is 12.1 Å². The summed E-state index contributed by atoms with van der Waals surface area (Å²) in [5.41, 5.74) is 7.19. The number of nitrogen functional groups attached to an aromatic ring is 1. The molecule has 0 unspecified atom stereocenters. The van der Waals surface area contributed by atoms with Gasteiger partial charge in [0, 0.05) is 12.7 Å². The lowest BCUT2D eigenvalue weighted by molar-refractivity contribution is 0.466. The molecule has 0 bridgehead atoms. The number of nitrogens with one attached hydrogen (secondary N) is 1. The van der Waals surface area contributed by atoms with Crippen LogP contribution < -0.4 is 11.1 Å². The van der Waals surface area contributed by atoms with E-state index in [4.69, 9.17) is 5.73 Å². The minimum atomic E-state index is 0.601. The molecule has 0 spiro atoms. The van der Waals surface area contributed by atoms with Crippen molar-refractivity contribution in [3.05, 3.63) is 18.3 Å². The third kappa shape index (κ3) is 1.66. The number of pyridine rings is 1. The number of nitrogens with zero attached hydrogens (tertiary/aromatic N) is 1. The van der Waals surface area contributed by atoms with Crippen molar-refractivity contribution in [2.24, 2.45) is 11.3 Å². The van der Waals surface area contributed by atoms with Crippen LogP contribution in [0.3, 0.4) is 0 Å². The lowest BCUT2D eigenvalue weighted by Gasteiger charge is -2.16. The molecule has 2 saturated carbocycles. The molecule has 80 valence electrons. The Kier molecular flexibility index (Phi) is 1.87. The summed E-state index contributed by atoms with van der Waals surface area (Å²) < 4.78 is 0. The summed E-state index contributed by atoms with van der Waals surface area (Å²) >= 11 is 0. The van der Waals surface area contributed by atoms with Gasteiger partial charge in [0.15, 0.2) is 0 Å². The lowest BCUT2D eigenvalue weighted by atomic mass is 10.0. The minimum absolute atomic E-state index is 0.601. The van der Waals surface area contributed by atoms with Crippen LogP contribution in [0, 0.1) is 11.3 Å². The second kappa shape index (κ2) is 3.12. The van der Waals surface area contributed by atoms with Crippen LogP contribution in [0.15, 0.2) is 18.3 Å². The van der Waals surface area contributed by atoms with E-state index >= 15 is 0 Å². The molecule has 0 amide bonds. The maximum Gasteiger partial charge on any atom is 0.149 e. The first-order chi connectivity index (χ1) is 7.30. The topological polar surface area (TPSA) is 50.9 Å². The molecule has 15 heavy (non-hydrogen) atoms. The Morgan fingerprint density at radius 1 is 1.47 bits per heavy atom. The third-order valence-electron chi connectivity index (χ3n) is 3.78. The summed E-state index contributed by atoms with van der Waals surface area (Å²) in [5, 5.41) is 3.40. The van der Waals surface area contributed by atoms with Gasteiger partial charge < -0.3 is 11.1 Å². The molecule has 1 aromatic rings. The van der Waals surface area contributed by atoms with Crippen LogP contribution in [0.1, 0.15) is 25.7 Å². The van der Waals surface area contributed by atoms with Crippen LogP contribution in [0.4, 0.5) is 11.5 Å². The van der Waals surface area contributed by atoms with Gasteiger partial charge in [-0.3, -0.25) is 0 Å². The van der Waals surface area contributed by atoms with Crippen LogP contribution >= 0.6 is 0 Å². The average Bonchev–Trinajstić information content (AvgIpc) is 3.10. The second-order valence-electron chi connectivity index (χ2n) is 4.93. The monoisotopic (exact) mass is 203 g/mol. The maximum atomic E-state index is 5.84. The fraction of sp³-hybridized carbons (Fsp3) is 0.583. The predicted molar refractivity (Wildman–Crippen MR) is 61.5 cm³/mol. The first kappa shape index (κ1) is 9.01. The van der Waals surface area contributed by atoms with Gasteiger partial charge in [-0.2, -0.15) is 0 Å². The van der Waals surface area contributed by atoms with Crippen molar-refractivity contribution in [3.63, 3.8) is 0 Å². The van der Waals surface area contributed by atoms with Gasteiger partial charge in [0.25, 0.3) is 0 Å². The Bertz CT molecular complexity index is 367. The van der Waals surface area contributed by atoms with Gasteiger partial charge in [0.2, 0.25) is 0 Å². The fourth-order valence-electron chi connectivity index (χ4n) is 2.41. The van der Waals surface area contributed by atoms with Crippen molar-refractivity contribution < 1.29 is 0 Å². The Morgan fingerprint density at radius 2 is 2.27 bits per heavy atom. The lowest BCUT2D eigenvalue weighted by Crippen LogP contribution is -2.18. The molecule has 2 fully saturated rings. The Balaban J connectivity index is 1.64. The molecule has 0 aromatic carbocycles. The molecule has 3 heteroatoms. The van der Waals surface area contributed by atoms with Gasteiger partial charge in [-0.05, 0) is 49.1 Å². The van der Waals surface area contributed by atoms with Crippen LogP contribution in [-0.2, 0) is 0 Å². The number of aromatic nitrogens is 1. The molecule has 3 rings (SSSR count). The molecule has 0 radical (unpaired) electrons. The highest BCUT2D eigenvalue weighted by Crippen LogP contribution is 2.61. The minimum Gasteiger partial charge on any atom is -0.396 e. The van der Waals surface area contributed by atoms with Crippen molar-refractivity contribution in [3.8, 4) is 0 Å². The van der Waals surface area contributed by atoms with Gasteiger partial charge in [-0.1, -0.05) is 0 Å². The third-order valence-corrected chi connectivity index (χ3v) is 3.78. The van der Waals surface area contributed by atoms with Crippen LogP contribution in [0.25, 0.3) is 0 Å². The molecule has 0 saturated heterocycles. The summed E-state index contributed by atoms with van der Waals surface area (Å²) in [7, 11) is 0. The van der Waals surface area contributed by atoms with Gasteiger partial charge in [-0.25, -0.2) is 4.98 Å². The Hall–Kier alpha value is -1.25. The standard InChI is InChI=1S/C12H17N3/c13-10-2-1-7-14-11(10)15-8-12(5-6-12)9-3-4-9/h1-2,7,9H,3-6,8,13H2,(H,14,15). The molecule has 2 aliphatic carbocycles. The summed E-state index contributed by atoms with van der Waals surface area (Å²) in [6.07, 6.45) is 7.42. The maximum absolute atomic E-state index is 5.84. The molecule has 3 nitrogen and oxygen atoms in total. The molecule has 1 aromatic heterocycles. The van der Waals surface area contributed by atoms with Gasteiger partial charge in [0.1, 0.15) is 5.82 Å². The van der Waals surface area contributed by atoms with E-state index in [1.54, 1.807) is 6.20 Å². The summed E-state index contributed by atoms with van der Waals surface area (Å²) in [4.78, 5) is 4.25. The van der Waals surface area contributed by atoms with E-state index < -0.39 is 0 Å². The SMILES string of the molecule is Nc1cccnc1NCC1(C2CC2)CC1. The number of hydrogen-bond acceptors (Lipinski definition) is 3. The fourth-order valence-corrected chi connectivity index (χ4v) is 2.41. The number of anilines is 2. The van der Waals surface area contributed by atoms with E-state index in [1.165, 1.54) is 25.7 Å². The van der Waals surface area contributed by atoms with Gasteiger partial charge in [-0.15, -0.1) is 0 Å². The smallest absolute Gasteiger partial charge is 0.149 e. The zero-order chi connectivity index (χ0) is 10.3. The second-order valence-corrected chi connectivity index (χ2v) is 4.93. The molecule has 2 aliphatic rings. The zero-order valence-corrected chi connectivity index (χ0v) is 8.87. The first-order valence-electron chi connectivity index (χ1n) is 5.75. The number of nitrogens with two attached hydrogens (primary N) is 1. The average molecular weight is 203 g/mol. The van der Waals surface area contributed by atoms with Crippen LogP contribution in [0.5, 0.6) is 0 Å². The van der Waals surface area contributed by atoms with E-state index in [-0.39, 0.29) is 0 Å². The first-order valence-corrected chi connectivity index (χ1v) is 5.75. The largest absolute Gasteiger partial charge is 0.396 e. The van der Waals surface area contributed by atoms with Crippen molar-refractivity contribution in [1.29, 1.82) is 0 Å². The van der Waals surface area contributed by atoms with Gasteiger partial charge in [0.05, 0.1) is 5.69 Å². The highest BCUT2D eigenvalue weighted by atomic mass is 15.0. The molecule has 0 aliphatic heterocycles. The van der Waals surface area contributed by atoms with Gasteiger partial charge >= 0.3 is 0 Å². The molecule has 3 N–H and O–H groups in total. The number of hydrogen-bond donors (Lipinski definition) is 2. The summed E-state index contributed by atoms with van der Waals surface area (Å²) in [5.74, 6) is 1.83. The number of rotatable bonds is 4. The summed E-state index contributed by atoms with van der Waals surface area (Å²) in [6.45, 7) is 1.05. The van der Waals surface area contributed by atoms with Crippen molar-refractivity contribution in [2.45, 2.75) is 25.7 Å². The van der Waals surface area contributed by atoms with E-state index in [0.717, 1.165) is 24.0 Å². The van der Waals surface area contributed by atoms with E-state index in [0.29, 0.717) is 5.41 Å². The molecular formula is C12H17N3.